The third kappa shape index (κ3) is 2.99. The Morgan fingerprint density at radius 1 is 1.55 bits per heavy atom. The highest BCUT2D eigenvalue weighted by molar-refractivity contribution is 7.89. The van der Waals surface area contributed by atoms with Gasteiger partial charge in [0.05, 0.1) is 11.0 Å². The van der Waals surface area contributed by atoms with E-state index in [2.05, 4.69) is 4.72 Å². The molecule has 0 spiro atoms. The standard InChI is InChI=1S/C13H18ClNO4S/c1-9-11(14)4-3-5-12(9)20(17,18)15-8-13(16)6-7-19-10(13)2/h3-5,10,15-16H,6-8H2,1-2H3. The first-order chi connectivity index (χ1) is 9.26. The Labute approximate surface area is 124 Å². The molecule has 0 radical (unpaired) electrons. The molecule has 1 aliphatic heterocycles. The summed E-state index contributed by atoms with van der Waals surface area (Å²) >= 11 is 5.94. The van der Waals surface area contributed by atoms with Crippen LogP contribution in [0.3, 0.4) is 0 Å². The summed E-state index contributed by atoms with van der Waals surface area (Å²) in [4.78, 5) is 0.125. The molecule has 20 heavy (non-hydrogen) atoms. The second kappa shape index (κ2) is 5.61. The molecule has 1 heterocycles. The van der Waals surface area contributed by atoms with E-state index in [0.717, 1.165) is 0 Å². The van der Waals surface area contributed by atoms with Crippen LogP contribution in [-0.4, -0.2) is 38.4 Å². The average Bonchev–Trinajstić information content (AvgIpc) is 2.71. The van der Waals surface area contributed by atoms with Gasteiger partial charge in [0.2, 0.25) is 10.0 Å². The lowest BCUT2D eigenvalue weighted by Gasteiger charge is -2.26. The number of rotatable bonds is 4. The topological polar surface area (TPSA) is 75.6 Å². The average molecular weight is 320 g/mol. The normalized spacial score (nSPS) is 26.9. The fourth-order valence-corrected chi connectivity index (χ4v) is 3.78. The minimum atomic E-state index is -3.71. The summed E-state index contributed by atoms with van der Waals surface area (Å²) in [6.45, 7) is 3.72. The highest BCUT2D eigenvalue weighted by atomic mass is 35.5. The van der Waals surface area contributed by atoms with Gasteiger partial charge in [-0.2, -0.15) is 0 Å². The highest BCUT2D eigenvalue weighted by Crippen LogP contribution is 2.26. The number of halogens is 1. The number of aliphatic hydroxyl groups is 1. The lowest BCUT2D eigenvalue weighted by molar-refractivity contribution is -0.0228. The van der Waals surface area contributed by atoms with Crippen molar-refractivity contribution in [3.05, 3.63) is 28.8 Å². The Kier molecular flexibility index (Phi) is 4.41. The van der Waals surface area contributed by atoms with Gasteiger partial charge in [0.25, 0.3) is 0 Å². The van der Waals surface area contributed by atoms with Crippen LogP contribution in [0.2, 0.25) is 5.02 Å². The molecule has 1 saturated heterocycles. The lowest BCUT2D eigenvalue weighted by Crippen LogP contribution is -2.47. The largest absolute Gasteiger partial charge is 0.386 e. The van der Waals surface area contributed by atoms with Crippen LogP contribution in [-0.2, 0) is 14.8 Å². The van der Waals surface area contributed by atoms with Crippen LogP contribution in [0.5, 0.6) is 0 Å². The molecule has 0 aliphatic carbocycles. The molecule has 0 amide bonds. The van der Waals surface area contributed by atoms with Gasteiger partial charge in [-0.05, 0) is 31.5 Å². The summed E-state index contributed by atoms with van der Waals surface area (Å²) in [6, 6.07) is 4.71. The van der Waals surface area contributed by atoms with E-state index in [1.807, 2.05) is 0 Å². The van der Waals surface area contributed by atoms with Gasteiger partial charge in [-0.1, -0.05) is 17.7 Å². The van der Waals surface area contributed by atoms with Crippen molar-refractivity contribution in [2.45, 2.75) is 36.9 Å². The van der Waals surface area contributed by atoms with Crippen LogP contribution in [0.1, 0.15) is 18.9 Å². The van der Waals surface area contributed by atoms with Gasteiger partial charge in [0, 0.05) is 24.6 Å². The molecule has 2 unspecified atom stereocenters. The van der Waals surface area contributed by atoms with Gasteiger partial charge in [-0.25, -0.2) is 13.1 Å². The summed E-state index contributed by atoms with van der Waals surface area (Å²) in [5, 5.41) is 10.7. The van der Waals surface area contributed by atoms with Gasteiger partial charge in [0.15, 0.2) is 0 Å². The zero-order valence-electron chi connectivity index (χ0n) is 11.4. The van der Waals surface area contributed by atoms with Crippen LogP contribution in [0.4, 0.5) is 0 Å². The zero-order chi connectivity index (χ0) is 15.0. The fourth-order valence-electron chi connectivity index (χ4n) is 2.18. The van der Waals surface area contributed by atoms with E-state index < -0.39 is 21.7 Å². The lowest BCUT2D eigenvalue weighted by atomic mass is 9.97. The fraction of sp³-hybridized carbons (Fsp3) is 0.538. The molecule has 0 aromatic heterocycles. The molecule has 1 aliphatic rings. The Morgan fingerprint density at radius 3 is 2.85 bits per heavy atom. The first-order valence-corrected chi connectivity index (χ1v) is 8.21. The number of benzene rings is 1. The maximum Gasteiger partial charge on any atom is 0.240 e. The Morgan fingerprint density at radius 2 is 2.25 bits per heavy atom. The van der Waals surface area contributed by atoms with Crippen molar-refractivity contribution in [1.29, 1.82) is 0 Å². The van der Waals surface area contributed by atoms with Crippen LogP contribution in [0.15, 0.2) is 23.1 Å². The number of hydrogen-bond donors (Lipinski definition) is 2. The van der Waals surface area contributed by atoms with E-state index in [1.165, 1.54) is 6.07 Å². The van der Waals surface area contributed by atoms with Crippen molar-refractivity contribution < 1.29 is 18.3 Å². The number of hydrogen-bond acceptors (Lipinski definition) is 4. The molecule has 2 N–H and O–H groups in total. The molecule has 2 rings (SSSR count). The van der Waals surface area contributed by atoms with Crippen LogP contribution in [0.25, 0.3) is 0 Å². The molecule has 112 valence electrons. The van der Waals surface area contributed by atoms with Crippen molar-refractivity contribution >= 4 is 21.6 Å². The number of ether oxygens (including phenoxy) is 1. The van der Waals surface area contributed by atoms with E-state index in [4.69, 9.17) is 16.3 Å². The van der Waals surface area contributed by atoms with Crippen molar-refractivity contribution in [2.75, 3.05) is 13.2 Å². The van der Waals surface area contributed by atoms with E-state index in [1.54, 1.807) is 26.0 Å². The highest BCUT2D eigenvalue weighted by Gasteiger charge is 2.40. The summed E-state index contributed by atoms with van der Waals surface area (Å²) in [6.07, 6.45) is 0.0104. The molecule has 0 saturated carbocycles. The Bertz CT molecular complexity index is 604. The van der Waals surface area contributed by atoms with Gasteiger partial charge in [-0.15, -0.1) is 0 Å². The number of sulfonamides is 1. The molecule has 1 aromatic carbocycles. The molecular weight excluding hydrogens is 302 g/mol. The Balaban J connectivity index is 2.18. The van der Waals surface area contributed by atoms with Gasteiger partial charge >= 0.3 is 0 Å². The van der Waals surface area contributed by atoms with E-state index >= 15 is 0 Å². The summed E-state index contributed by atoms with van der Waals surface area (Å²) < 4.78 is 32.3. The third-order valence-corrected chi connectivity index (χ3v) is 5.69. The van der Waals surface area contributed by atoms with Gasteiger partial charge in [0.1, 0.15) is 5.60 Å². The molecular formula is C13H18ClNO4S. The summed E-state index contributed by atoms with van der Waals surface area (Å²) in [5.41, 5.74) is -0.677. The van der Waals surface area contributed by atoms with Crippen LogP contribution >= 0.6 is 11.6 Å². The van der Waals surface area contributed by atoms with Gasteiger partial charge in [-0.3, -0.25) is 0 Å². The van der Waals surface area contributed by atoms with Crippen LogP contribution < -0.4 is 4.72 Å². The minimum absolute atomic E-state index is 0.0809. The second-order valence-corrected chi connectivity index (χ2v) is 7.20. The molecule has 2 atom stereocenters. The minimum Gasteiger partial charge on any atom is -0.386 e. The maximum atomic E-state index is 12.3. The van der Waals surface area contributed by atoms with Crippen molar-refractivity contribution in [2.24, 2.45) is 0 Å². The second-order valence-electron chi connectivity index (χ2n) is 5.05. The monoisotopic (exact) mass is 319 g/mol. The van der Waals surface area contributed by atoms with Gasteiger partial charge < -0.3 is 9.84 Å². The third-order valence-electron chi connectivity index (χ3n) is 3.74. The maximum absolute atomic E-state index is 12.3. The summed E-state index contributed by atoms with van der Waals surface area (Å²) in [7, 11) is -3.71. The van der Waals surface area contributed by atoms with Crippen molar-refractivity contribution in [3.63, 3.8) is 0 Å². The number of nitrogens with one attached hydrogen (secondary N) is 1. The first-order valence-electron chi connectivity index (χ1n) is 6.35. The van der Waals surface area contributed by atoms with E-state index in [0.29, 0.717) is 23.6 Å². The quantitative estimate of drug-likeness (QED) is 0.881. The first kappa shape index (κ1) is 15.7. The van der Waals surface area contributed by atoms with Crippen molar-refractivity contribution in [1.82, 2.24) is 4.72 Å². The predicted molar refractivity (Wildman–Crippen MR) is 76.4 cm³/mol. The molecule has 0 bridgehead atoms. The molecule has 1 fully saturated rings. The van der Waals surface area contributed by atoms with E-state index in [-0.39, 0.29) is 11.4 Å². The SMILES string of the molecule is Cc1c(Cl)cccc1S(=O)(=O)NCC1(O)CCOC1C. The zero-order valence-corrected chi connectivity index (χ0v) is 13.0. The van der Waals surface area contributed by atoms with Crippen LogP contribution in [0, 0.1) is 6.92 Å². The smallest absolute Gasteiger partial charge is 0.240 e. The molecule has 7 heteroatoms. The summed E-state index contributed by atoms with van der Waals surface area (Å²) in [5.74, 6) is 0. The molecule has 1 aromatic rings. The Hall–Kier alpha value is -0.660. The molecule has 5 nitrogen and oxygen atoms in total. The predicted octanol–water partition coefficient (Wildman–Crippen LogP) is 1.47. The van der Waals surface area contributed by atoms with E-state index in [9.17, 15) is 13.5 Å². The van der Waals surface area contributed by atoms with Crippen molar-refractivity contribution in [3.8, 4) is 0 Å².